The van der Waals surface area contributed by atoms with E-state index in [-0.39, 0.29) is 0 Å². The van der Waals surface area contributed by atoms with Gasteiger partial charge in [-0.2, -0.15) is 0 Å². The second-order valence-electron chi connectivity index (χ2n) is 8.37. The van der Waals surface area contributed by atoms with Crippen LogP contribution in [0.2, 0.25) is 0 Å². The van der Waals surface area contributed by atoms with Crippen molar-refractivity contribution in [1.29, 1.82) is 0 Å². The van der Waals surface area contributed by atoms with E-state index >= 15 is 0 Å². The molecule has 2 heterocycles. The van der Waals surface area contributed by atoms with Gasteiger partial charge in [-0.1, -0.05) is 5.10 Å². The zero-order valence-corrected chi connectivity index (χ0v) is 14.6. The summed E-state index contributed by atoms with van der Waals surface area (Å²) in [5.74, 6) is 3.90. The zero-order chi connectivity index (χ0) is 16.1. The van der Waals surface area contributed by atoms with Gasteiger partial charge in [-0.25, -0.2) is 0 Å². The molecule has 0 spiro atoms. The molecular weight excluding hydrogens is 304 g/mol. The molecule has 0 radical (unpaired) electrons. The van der Waals surface area contributed by atoms with Crippen molar-refractivity contribution in [2.45, 2.75) is 37.5 Å². The van der Waals surface area contributed by atoms with Crippen LogP contribution < -0.4 is 4.74 Å². The van der Waals surface area contributed by atoms with Crippen molar-refractivity contribution < 1.29 is 9.47 Å². The highest BCUT2D eigenvalue weighted by molar-refractivity contribution is 5.24. The number of hydrogen-bond donors (Lipinski definition) is 0. The summed E-state index contributed by atoms with van der Waals surface area (Å²) in [7, 11) is 2.09. The first kappa shape index (κ1) is 15.1. The molecule has 1 aromatic heterocycles. The van der Waals surface area contributed by atoms with E-state index in [2.05, 4.69) is 26.7 Å². The molecule has 24 heavy (non-hydrogen) atoms. The van der Waals surface area contributed by atoms with Crippen LogP contribution in [-0.4, -0.2) is 59.1 Å². The molecule has 4 aliphatic carbocycles. The monoisotopic (exact) mass is 332 g/mol. The average molecular weight is 332 g/mol. The largest absolute Gasteiger partial charge is 0.462 e. The smallest absolute Gasteiger partial charge is 0.316 e. The minimum absolute atomic E-state index is 0.307. The minimum Gasteiger partial charge on any atom is -0.462 e. The van der Waals surface area contributed by atoms with Crippen molar-refractivity contribution in [1.82, 2.24) is 19.7 Å². The molecule has 0 aromatic carbocycles. The van der Waals surface area contributed by atoms with Gasteiger partial charge in [0.25, 0.3) is 0 Å². The van der Waals surface area contributed by atoms with Crippen LogP contribution in [0, 0.1) is 17.8 Å². The number of rotatable bonds is 5. The van der Waals surface area contributed by atoms with Crippen molar-refractivity contribution in [3.05, 3.63) is 5.82 Å². The van der Waals surface area contributed by atoms with Gasteiger partial charge < -0.3 is 9.47 Å². The van der Waals surface area contributed by atoms with Gasteiger partial charge in [-0.05, 0) is 49.9 Å². The Kier molecular flexibility index (Phi) is 3.59. The van der Waals surface area contributed by atoms with Gasteiger partial charge in [0.1, 0.15) is 12.4 Å². The van der Waals surface area contributed by atoms with E-state index in [1.807, 2.05) is 0 Å². The van der Waals surface area contributed by atoms with Crippen molar-refractivity contribution in [3.8, 4) is 6.01 Å². The van der Waals surface area contributed by atoms with E-state index < -0.39 is 0 Å². The maximum atomic E-state index is 5.97. The molecule has 6 nitrogen and oxygen atoms in total. The van der Waals surface area contributed by atoms with Crippen LogP contribution in [0.4, 0.5) is 0 Å². The Morgan fingerprint density at radius 3 is 2.62 bits per heavy atom. The lowest BCUT2D eigenvalue weighted by Gasteiger charge is -2.31. The molecule has 5 fully saturated rings. The lowest BCUT2D eigenvalue weighted by Crippen LogP contribution is -2.38. The number of aromatic nitrogens is 3. The maximum absolute atomic E-state index is 5.97. The molecule has 1 aliphatic heterocycles. The highest BCUT2D eigenvalue weighted by Crippen LogP contribution is 2.65. The third kappa shape index (κ3) is 2.30. The molecule has 4 saturated carbocycles. The molecule has 1 saturated heterocycles. The van der Waals surface area contributed by atoms with E-state index in [1.165, 1.54) is 37.9 Å². The van der Waals surface area contributed by atoms with Crippen LogP contribution in [0.5, 0.6) is 6.01 Å². The maximum Gasteiger partial charge on any atom is 0.316 e. The molecule has 1 aromatic rings. The molecule has 5 aliphatic rings. The van der Waals surface area contributed by atoms with E-state index in [0.717, 1.165) is 50.6 Å². The fourth-order valence-electron chi connectivity index (χ4n) is 6.13. The Balaban J connectivity index is 1.27. The van der Waals surface area contributed by atoms with Gasteiger partial charge >= 0.3 is 6.01 Å². The summed E-state index contributed by atoms with van der Waals surface area (Å²) in [6.07, 6.45) is 6.94. The summed E-state index contributed by atoms with van der Waals surface area (Å²) < 4.78 is 13.5. The fourth-order valence-corrected chi connectivity index (χ4v) is 6.13. The molecule has 6 rings (SSSR count). The van der Waals surface area contributed by atoms with Gasteiger partial charge in [-0.3, -0.25) is 9.47 Å². The van der Waals surface area contributed by atoms with Crippen LogP contribution in [0.15, 0.2) is 0 Å². The van der Waals surface area contributed by atoms with Crippen LogP contribution in [-0.2, 0) is 17.2 Å². The average Bonchev–Trinajstić information content (AvgIpc) is 3.16. The van der Waals surface area contributed by atoms with Crippen molar-refractivity contribution in [2.24, 2.45) is 24.8 Å². The van der Waals surface area contributed by atoms with Crippen molar-refractivity contribution in [3.63, 3.8) is 0 Å². The highest BCUT2D eigenvalue weighted by Gasteiger charge is 2.60. The zero-order valence-electron chi connectivity index (χ0n) is 14.6. The molecule has 2 atom stereocenters. The Hall–Kier alpha value is -1.14. The topological polar surface area (TPSA) is 52.4 Å². The van der Waals surface area contributed by atoms with Crippen LogP contribution in [0.3, 0.4) is 0 Å². The Bertz CT molecular complexity index is 596. The van der Waals surface area contributed by atoms with E-state index in [9.17, 15) is 0 Å². The Morgan fingerprint density at radius 2 is 1.88 bits per heavy atom. The Labute approximate surface area is 143 Å². The number of hydrogen-bond acceptors (Lipinski definition) is 5. The van der Waals surface area contributed by atoms with Crippen molar-refractivity contribution in [2.75, 3.05) is 39.5 Å². The summed E-state index contributed by atoms with van der Waals surface area (Å²) in [6.45, 7) is 5.28. The van der Waals surface area contributed by atoms with Crippen LogP contribution in [0.25, 0.3) is 0 Å². The molecule has 2 unspecified atom stereocenters. The molecule has 0 N–H and O–H groups in total. The van der Waals surface area contributed by atoms with Gasteiger partial charge in [0.2, 0.25) is 0 Å². The number of ether oxygens (including phenoxy) is 2. The summed E-state index contributed by atoms with van der Waals surface area (Å²) in [5, 5.41) is 8.99. The van der Waals surface area contributed by atoms with Gasteiger partial charge in [0, 0.05) is 32.1 Å². The standard InChI is InChI=1S/C18H28N4O2/c1-21-16(18-11-13-8-14(12-18)10-15(18)9-13)19-20-17(21)24-7-4-22-2-5-23-6-3-22/h13-15H,2-12H2,1H3. The van der Waals surface area contributed by atoms with E-state index in [4.69, 9.17) is 9.47 Å². The van der Waals surface area contributed by atoms with Crippen LogP contribution in [0.1, 0.15) is 37.9 Å². The summed E-state index contributed by atoms with van der Waals surface area (Å²) in [6, 6.07) is 0.693. The number of nitrogens with zero attached hydrogens (tertiary/aromatic N) is 4. The molecule has 0 amide bonds. The lowest BCUT2D eigenvalue weighted by molar-refractivity contribution is 0.0315. The minimum atomic E-state index is 0.307. The third-order valence-corrected chi connectivity index (χ3v) is 7.01. The fraction of sp³-hybridized carbons (Fsp3) is 0.889. The quantitative estimate of drug-likeness (QED) is 0.820. The normalized spacial score (nSPS) is 38.1. The summed E-state index contributed by atoms with van der Waals surface area (Å²) in [5.41, 5.74) is 0.307. The molecule has 132 valence electrons. The SMILES string of the molecule is Cn1c(OCCN2CCOCC2)nnc1C12CC3CC(CC1C3)C2. The third-order valence-electron chi connectivity index (χ3n) is 7.01. The second-order valence-corrected chi connectivity index (χ2v) is 8.37. The first-order valence-corrected chi connectivity index (χ1v) is 9.57. The number of morpholine rings is 1. The van der Waals surface area contributed by atoms with E-state index in [1.54, 1.807) is 0 Å². The first-order chi connectivity index (χ1) is 11.7. The predicted octanol–water partition coefficient (Wildman–Crippen LogP) is 1.60. The van der Waals surface area contributed by atoms with Crippen LogP contribution >= 0.6 is 0 Å². The lowest BCUT2D eigenvalue weighted by atomic mass is 9.75. The Morgan fingerprint density at radius 1 is 1.12 bits per heavy atom. The van der Waals surface area contributed by atoms with Gasteiger partial charge in [0.15, 0.2) is 0 Å². The summed E-state index contributed by atoms with van der Waals surface area (Å²) >= 11 is 0. The first-order valence-electron chi connectivity index (χ1n) is 9.57. The van der Waals surface area contributed by atoms with Gasteiger partial charge in [0.05, 0.1) is 13.2 Å². The molecular formula is C18H28N4O2. The van der Waals surface area contributed by atoms with Crippen molar-refractivity contribution >= 4 is 0 Å². The van der Waals surface area contributed by atoms with E-state index in [0.29, 0.717) is 18.0 Å². The predicted molar refractivity (Wildman–Crippen MR) is 89.0 cm³/mol. The molecule has 6 heteroatoms. The molecule has 4 bridgehead atoms. The highest BCUT2D eigenvalue weighted by atomic mass is 16.5. The second kappa shape index (κ2) is 5.70. The van der Waals surface area contributed by atoms with Gasteiger partial charge in [-0.15, -0.1) is 5.10 Å². The summed E-state index contributed by atoms with van der Waals surface area (Å²) in [4.78, 5) is 2.39.